The van der Waals surface area contributed by atoms with Crippen LogP contribution in [0.5, 0.6) is 0 Å². The van der Waals surface area contributed by atoms with E-state index in [9.17, 15) is 0 Å². The van der Waals surface area contributed by atoms with Crippen molar-refractivity contribution in [2.45, 2.75) is 39.2 Å². The molecule has 98 valence electrons. The Kier molecular flexibility index (Phi) is 3.84. The van der Waals surface area contributed by atoms with Crippen LogP contribution in [0.2, 0.25) is 0 Å². The summed E-state index contributed by atoms with van der Waals surface area (Å²) < 4.78 is 0. The molecule has 0 bridgehead atoms. The Morgan fingerprint density at radius 1 is 1.50 bits per heavy atom. The van der Waals surface area contributed by atoms with Crippen molar-refractivity contribution in [3.8, 4) is 0 Å². The zero-order valence-corrected chi connectivity index (χ0v) is 11.5. The second kappa shape index (κ2) is 5.38. The van der Waals surface area contributed by atoms with Crippen LogP contribution in [0.15, 0.2) is 24.7 Å². The van der Waals surface area contributed by atoms with E-state index < -0.39 is 0 Å². The molecule has 0 aromatic carbocycles. The highest BCUT2D eigenvalue weighted by Crippen LogP contribution is 2.20. The maximum absolute atomic E-state index is 4.27. The molecular formula is C14H22N4. The summed E-state index contributed by atoms with van der Waals surface area (Å²) in [4.78, 5) is 10.8. The number of hydrogen-bond donors (Lipinski definition) is 1. The molecule has 1 aliphatic heterocycles. The Balaban J connectivity index is 1.88. The summed E-state index contributed by atoms with van der Waals surface area (Å²) in [5, 5.41) is 3.45. The summed E-state index contributed by atoms with van der Waals surface area (Å²) >= 11 is 0. The quantitative estimate of drug-likeness (QED) is 0.867. The number of aromatic nitrogens is 2. The van der Waals surface area contributed by atoms with Crippen LogP contribution in [-0.4, -0.2) is 34.0 Å². The van der Waals surface area contributed by atoms with Crippen LogP contribution < -0.4 is 5.32 Å². The van der Waals surface area contributed by atoms with Gasteiger partial charge in [-0.25, -0.2) is 9.97 Å². The first kappa shape index (κ1) is 12.9. The van der Waals surface area contributed by atoms with Crippen LogP contribution in [0.3, 0.4) is 0 Å². The molecule has 0 unspecified atom stereocenters. The van der Waals surface area contributed by atoms with E-state index in [1.54, 1.807) is 6.33 Å². The monoisotopic (exact) mass is 246 g/mol. The topological polar surface area (TPSA) is 41.0 Å². The molecule has 0 radical (unpaired) electrons. The SMILES string of the molecule is C=C(CC)N1CC(Nc2cc(C(C)C)ncn2)C1. The minimum atomic E-state index is 0.436. The van der Waals surface area contributed by atoms with Crippen LogP contribution in [0, 0.1) is 0 Å². The summed E-state index contributed by atoms with van der Waals surface area (Å²) in [7, 11) is 0. The van der Waals surface area contributed by atoms with Gasteiger partial charge < -0.3 is 10.2 Å². The summed E-state index contributed by atoms with van der Waals surface area (Å²) in [5.41, 5.74) is 2.31. The highest BCUT2D eigenvalue weighted by Gasteiger charge is 2.26. The van der Waals surface area contributed by atoms with Gasteiger partial charge in [0.2, 0.25) is 0 Å². The molecule has 2 heterocycles. The molecule has 1 aliphatic rings. The molecule has 2 rings (SSSR count). The van der Waals surface area contributed by atoms with E-state index in [2.05, 4.69) is 47.5 Å². The Morgan fingerprint density at radius 3 is 2.83 bits per heavy atom. The molecule has 4 heteroatoms. The van der Waals surface area contributed by atoms with E-state index in [4.69, 9.17) is 0 Å². The van der Waals surface area contributed by atoms with Crippen molar-refractivity contribution < 1.29 is 0 Å². The highest BCUT2D eigenvalue weighted by molar-refractivity contribution is 5.38. The largest absolute Gasteiger partial charge is 0.371 e. The lowest BCUT2D eigenvalue weighted by Crippen LogP contribution is -2.53. The van der Waals surface area contributed by atoms with Crippen LogP contribution in [0.25, 0.3) is 0 Å². The van der Waals surface area contributed by atoms with Gasteiger partial charge in [0.15, 0.2) is 0 Å². The van der Waals surface area contributed by atoms with E-state index in [1.807, 2.05) is 6.07 Å². The summed E-state index contributed by atoms with van der Waals surface area (Å²) in [6.45, 7) is 12.5. The molecule has 1 N–H and O–H groups in total. The fourth-order valence-corrected chi connectivity index (χ4v) is 2.03. The molecule has 4 nitrogen and oxygen atoms in total. The average molecular weight is 246 g/mol. The number of allylic oxidation sites excluding steroid dienone is 1. The van der Waals surface area contributed by atoms with Crippen molar-refractivity contribution in [2.24, 2.45) is 0 Å². The van der Waals surface area contributed by atoms with Crippen molar-refractivity contribution in [3.63, 3.8) is 0 Å². The van der Waals surface area contributed by atoms with Gasteiger partial charge in [0, 0.05) is 30.5 Å². The molecule has 0 saturated carbocycles. The van der Waals surface area contributed by atoms with Crippen molar-refractivity contribution in [1.29, 1.82) is 0 Å². The second-order valence-corrected chi connectivity index (χ2v) is 5.15. The summed E-state index contributed by atoms with van der Waals surface area (Å²) in [6.07, 6.45) is 2.66. The second-order valence-electron chi connectivity index (χ2n) is 5.15. The maximum Gasteiger partial charge on any atom is 0.129 e. The number of nitrogens with zero attached hydrogens (tertiary/aromatic N) is 3. The predicted molar refractivity (Wildman–Crippen MR) is 74.5 cm³/mol. The number of hydrogen-bond acceptors (Lipinski definition) is 4. The van der Waals surface area contributed by atoms with E-state index in [-0.39, 0.29) is 0 Å². The van der Waals surface area contributed by atoms with Gasteiger partial charge in [0.1, 0.15) is 12.1 Å². The van der Waals surface area contributed by atoms with Gasteiger partial charge in [-0.15, -0.1) is 0 Å². The fourth-order valence-electron chi connectivity index (χ4n) is 2.03. The lowest BCUT2D eigenvalue weighted by Gasteiger charge is -2.42. The maximum atomic E-state index is 4.27. The normalized spacial score (nSPS) is 15.7. The molecule has 1 aromatic heterocycles. The van der Waals surface area contributed by atoms with Gasteiger partial charge in [-0.1, -0.05) is 27.4 Å². The van der Waals surface area contributed by atoms with Gasteiger partial charge in [0.05, 0.1) is 6.04 Å². The first-order valence-electron chi connectivity index (χ1n) is 6.61. The van der Waals surface area contributed by atoms with Gasteiger partial charge in [0.25, 0.3) is 0 Å². The molecule has 1 saturated heterocycles. The van der Waals surface area contributed by atoms with Crippen LogP contribution in [0.4, 0.5) is 5.82 Å². The van der Waals surface area contributed by atoms with E-state index in [0.717, 1.165) is 31.0 Å². The molecule has 18 heavy (non-hydrogen) atoms. The number of rotatable bonds is 5. The van der Waals surface area contributed by atoms with E-state index in [1.165, 1.54) is 5.70 Å². The van der Waals surface area contributed by atoms with Crippen molar-refractivity contribution >= 4 is 5.82 Å². The molecule has 1 aromatic rings. The predicted octanol–water partition coefficient (Wildman–Crippen LogP) is 2.62. The van der Waals surface area contributed by atoms with Crippen LogP contribution in [-0.2, 0) is 0 Å². The van der Waals surface area contributed by atoms with Crippen molar-refractivity contribution in [1.82, 2.24) is 14.9 Å². The van der Waals surface area contributed by atoms with Crippen LogP contribution >= 0.6 is 0 Å². The minimum Gasteiger partial charge on any atom is -0.371 e. The Morgan fingerprint density at radius 2 is 2.22 bits per heavy atom. The number of likely N-dealkylation sites (tertiary alicyclic amines) is 1. The number of nitrogens with one attached hydrogen (secondary N) is 1. The van der Waals surface area contributed by atoms with E-state index >= 15 is 0 Å². The molecule has 0 atom stereocenters. The van der Waals surface area contributed by atoms with Gasteiger partial charge in [-0.3, -0.25) is 0 Å². The molecular weight excluding hydrogens is 224 g/mol. The Bertz CT molecular complexity index is 422. The standard InChI is InChI=1S/C14H22N4/c1-5-11(4)18-7-12(8-18)17-14-6-13(10(2)3)15-9-16-14/h6,9-10,12H,4-5,7-8H2,1-3H3,(H,15,16,17). The Labute approximate surface area is 109 Å². The molecule has 1 fully saturated rings. The zero-order valence-electron chi connectivity index (χ0n) is 11.5. The smallest absolute Gasteiger partial charge is 0.129 e. The molecule has 0 amide bonds. The van der Waals surface area contributed by atoms with Crippen LogP contribution in [0.1, 0.15) is 38.8 Å². The molecule has 0 aliphatic carbocycles. The third-order valence-electron chi connectivity index (χ3n) is 3.37. The minimum absolute atomic E-state index is 0.436. The lowest BCUT2D eigenvalue weighted by atomic mass is 10.1. The first-order chi connectivity index (χ1) is 8.60. The first-order valence-corrected chi connectivity index (χ1v) is 6.61. The van der Waals surface area contributed by atoms with E-state index in [0.29, 0.717) is 12.0 Å². The van der Waals surface area contributed by atoms with Gasteiger partial charge in [-0.2, -0.15) is 0 Å². The highest BCUT2D eigenvalue weighted by atomic mass is 15.3. The van der Waals surface area contributed by atoms with Gasteiger partial charge in [-0.05, 0) is 12.3 Å². The molecule has 0 spiro atoms. The summed E-state index contributed by atoms with van der Waals surface area (Å²) in [5.74, 6) is 1.37. The lowest BCUT2D eigenvalue weighted by molar-refractivity contribution is 0.209. The average Bonchev–Trinajstić information content (AvgIpc) is 2.32. The van der Waals surface area contributed by atoms with Crippen molar-refractivity contribution in [3.05, 3.63) is 30.4 Å². The Hall–Kier alpha value is -1.58. The third-order valence-corrected chi connectivity index (χ3v) is 3.37. The third kappa shape index (κ3) is 2.81. The van der Waals surface area contributed by atoms with Crippen molar-refractivity contribution in [2.75, 3.05) is 18.4 Å². The fraction of sp³-hybridized carbons (Fsp3) is 0.571. The zero-order chi connectivity index (χ0) is 13.1. The summed E-state index contributed by atoms with van der Waals surface area (Å²) in [6, 6.07) is 2.52. The number of anilines is 1. The van der Waals surface area contributed by atoms with Gasteiger partial charge >= 0.3 is 0 Å².